The SMILES string of the molecule is O=S1(=O)C[CH]CN1. The largest absolute Gasteiger partial charge is 0.215 e. The van der Waals surface area contributed by atoms with Crippen LogP contribution in [0.25, 0.3) is 0 Å². The minimum atomic E-state index is -2.85. The van der Waals surface area contributed by atoms with Gasteiger partial charge in [-0.1, -0.05) is 0 Å². The molecule has 1 radical (unpaired) electrons. The van der Waals surface area contributed by atoms with Crippen molar-refractivity contribution in [2.24, 2.45) is 0 Å². The maximum Gasteiger partial charge on any atom is 0.211 e. The molecule has 1 rings (SSSR count). The molecule has 1 aliphatic rings. The predicted molar refractivity (Wildman–Crippen MR) is 26.1 cm³/mol. The molecule has 1 N–H and O–H groups in total. The highest BCUT2D eigenvalue weighted by molar-refractivity contribution is 7.89. The van der Waals surface area contributed by atoms with Gasteiger partial charge in [0.25, 0.3) is 0 Å². The van der Waals surface area contributed by atoms with Crippen molar-refractivity contribution in [1.82, 2.24) is 4.72 Å². The number of hydrogen-bond donors (Lipinski definition) is 1. The van der Waals surface area contributed by atoms with Crippen molar-refractivity contribution in [3.05, 3.63) is 6.42 Å². The summed E-state index contributed by atoms with van der Waals surface area (Å²) in [5.74, 6) is 0.188. The first-order chi connectivity index (χ1) is 3.21. The van der Waals surface area contributed by atoms with E-state index in [2.05, 4.69) is 4.72 Å². The fourth-order valence-electron chi connectivity index (χ4n) is 0.459. The Hall–Kier alpha value is -0.0900. The molecule has 1 fully saturated rings. The Labute approximate surface area is 42.8 Å². The lowest BCUT2D eigenvalue weighted by molar-refractivity contribution is 0.594. The summed E-state index contributed by atoms with van der Waals surface area (Å²) in [6, 6.07) is 0. The van der Waals surface area contributed by atoms with Gasteiger partial charge in [0.05, 0.1) is 5.75 Å². The van der Waals surface area contributed by atoms with Gasteiger partial charge >= 0.3 is 0 Å². The molecule has 4 heteroatoms. The zero-order valence-corrected chi connectivity index (χ0v) is 4.53. The molecule has 0 aromatic rings. The van der Waals surface area contributed by atoms with Crippen molar-refractivity contribution in [3.63, 3.8) is 0 Å². The van der Waals surface area contributed by atoms with Crippen LogP contribution in [0.1, 0.15) is 0 Å². The number of hydrogen-bond acceptors (Lipinski definition) is 2. The molecule has 0 spiro atoms. The van der Waals surface area contributed by atoms with Crippen molar-refractivity contribution < 1.29 is 8.42 Å². The van der Waals surface area contributed by atoms with E-state index in [0.717, 1.165) is 0 Å². The normalized spacial score (nSPS) is 28.0. The fraction of sp³-hybridized carbons (Fsp3) is 0.667. The zero-order valence-electron chi connectivity index (χ0n) is 3.72. The van der Waals surface area contributed by atoms with E-state index >= 15 is 0 Å². The molecule has 0 aliphatic carbocycles. The molecule has 1 heterocycles. The van der Waals surface area contributed by atoms with E-state index in [1.165, 1.54) is 0 Å². The van der Waals surface area contributed by atoms with Gasteiger partial charge in [-0.15, -0.1) is 0 Å². The summed E-state index contributed by atoms with van der Waals surface area (Å²) in [4.78, 5) is 0. The minimum Gasteiger partial charge on any atom is -0.215 e. The van der Waals surface area contributed by atoms with Crippen molar-refractivity contribution in [2.45, 2.75) is 0 Å². The molecule has 1 aliphatic heterocycles. The van der Waals surface area contributed by atoms with E-state index in [4.69, 9.17) is 0 Å². The average molecular weight is 120 g/mol. The summed E-state index contributed by atoms with van der Waals surface area (Å²) in [6.07, 6.45) is 1.69. The molecule has 0 aromatic carbocycles. The first kappa shape index (κ1) is 5.05. The van der Waals surface area contributed by atoms with E-state index in [9.17, 15) is 8.42 Å². The van der Waals surface area contributed by atoms with Crippen molar-refractivity contribution >= 4 is 10.0 Å². The quantitative estimate of drug-likeness (QED) is 0.451. The van der Waals surface area contributed by atoms with Gasteiger partial charge in [-0.05, 0) is 6.42 Å². The summed E-state index contributed by atoms with van der Waals surface area (Å²) in [5.41, 5.74) is 0. The van der Waals surface area contributed by atoms with Crippen LogP contribution >= 0.6 is 0 Å². The van der Waals surface area contributed by atoms with Crippen LogP contribution in [0, 0.1) is 6.42 Å². The standard InChI is InChI=1S/C3H6NO2S/c5-7(6)3-1-2-4-7/h1,4H,2-3H2. The monoisotopic (exact) mass is 120 g/mol. The third kappa shape index (κ3) is 1.14. The van der Waals surface area contributed by atoms with Crippen LogP contribution in [0.15, 0.2) is 0 Å². The Bertz CT molecular complexity index is 136. The zero-order chi connectivity index (χ0) is 5.33. The second kappa shape index (κ2) is 1.45. The van der Waals surface area contributed by atoms with Crippen LogP contribution in [0.5, 0.6) is 0 Å². The van der Waals surface area contributed by atoms with Crippen LogP contribution in [0.4, 0.5) is 0 Å². The van der Waals surface area contributed by atoms with Crippen LogP contribution in [-0.4, -0.2) is 20.7 Å². The second-order valence-corrected chi connectivity index (χ2v) is 3.27. The highest BCUT2D eigenvalue weighted by Crippen LogP contribution is 1.94. The van der Waals surface area contributed by atoms with E-state index in [-0.39, 0.29) is 5.75 Å². The molecule has 1 saturated heterocycles. The van der Waals surface area contributed by atoms with E-state index in [1.807, 2.05) is 0 Å². The Kier molecular flexibility index (Phi) is 1.05. The van der Waals surface area contributed by atoms with Crippen molar-refractivity contribution in [3.8, 4) is 0 Å². The molecule has 0 saturated carbocycles. The molecule has 0 aromatic heterocycles. The van der Waals surface area contributed by atoms with Crippen LogP contribution in [-0.2, 0) is 10.0 Å². The smallest absolute Gasteiger partial charge is 0.211 e. The third-order valence-corrected chi connectivity index (χ3v) is 2.07. The van der Waals surface area contributed by atoms with E-state index in [0.29, 0.717) is 6.54 Å². The first-order valence-electron chi connectivity index (χ1n) is 2.00. The highest BCUT2D eigenvalue weighted by atomic mass is 32.2. The molecule has 0 amide bonds. The summed E-state index contributed by atoms with van der Waals surface area (Å²) < 4.78 is 22.9. The Morgan fingerprint density at radius 3 is 2.43 bits per heavy atom. The van der Waals surface area contributed by atoms with Crippen LogP contribution in [0.3, 0.4) is 0 Å². The maximum absolute atomic E-state index is 10.3. The van der Waals surface area contributed by atoms with Gasteiger partial charge in [-0.25, -0.2) is 13.1 Å². The van der Waals surface area contributed by atoms with Crippen molar-refractivity contribution in [2.75, 3.05) is 12.3 Å². The molecule has 41 valence electrons. The van der Waals surface area contributed by atoms with E-state index < -0.39 is 10.0 Å². The van der Waals surface area contributed by atoms with Gasteiger partial charge in [0.2, 0.25) is 10.0 Å². The number of rotatable bonds is 0. The topological polar surface area (TPSA) is 46.2 Å². The lowest BCUT2D eigenvalue weighted by Gasteiger charge is -1.84. The van der Waals surface area contributed by atoms with Gasteiger partial charge in [0.1, 0.15) is 0 Å². The Morgan fingerprint density at radius 2 is 2.29 bits per heavy atom. The van der Waals surface area contributed by atoms with Gasteiger partial charge in [-0.3, -0.25) is 0 Å². The summed E-state index contributed by atoms with van der Waals surface area (Å²) in [6.45, 7) is 0.502. The number of nitrogens with one attached hydrogen (secondary N) is 1. The summed E-state index contributed by atoms with van der Waals surface area (Å²) >= 11 is 0. The lowest BCUT2D eigenvalue weighted by Crippen LogP contribution is -2.15. The molecule has 0 bridgehead atoms. The fourth-order valence-corrected chi connectivity index (χ4v) is 1.38. The summed E-state index contributed by atoms with van der Waals surface area (Å²) in [7, 11) is -2.85. The second-order valence-electron chi connectivity index (χ2n) is 1.42. The first-order valence-corrected chi connectivity index (χ1v) is 3.65. The molecule has 7 heavy (non-hydrogen) atoms. The Morgan fingerprint density at radius 1 is 1.57 bits per heavy atom. The molecule has 0 atom stereocenters. The van der Waals surface area contributed by atoms with Crippen molar-refractivity contribution in [1.29, 1.82) is 0 Å². The predicted octanol–water partition coefficient (Wildman–Crippen LogP) is -0.876. The number of sulfonamides is 1. The maximum atomic E-state index is 10.3. The molecule has 0 unspecified atom stereocenters. The molecular formula is C3H6NO2S. The van der Waals surface area contributed by atoms with Gasteiger partial charge < -0.3 is 0 Å². The van der Waals surface area contributed by atoms with Gasteiger partial charge in [0.15, 0.2) is 0 Å². The van der Waals surface area contributed by atoms with Crippen LogP contribution in [0.2, 0.25) is 0 Å². The minimum absolute atomic E-state index is 0.188. The molecular weight excluding hydrogens is 114 g/mol. The lowest BCUT2D eigenvalue weighted by atomic mass is 10.5. The highest BCUT2D eigenvalue weighted by Gasteiger charge is 2.15. The van der Waals surface area contributed by atoms with Gasteiger partial charge in [0, 0.05) is 6.54 Å². The Balaban J connectivity index is 2.76. The van der Waals surface area contributed by atoms with E-state index in [1.54, 1.807) is 6.42 Å². The van der Waals surface area contributed by atoms with Crippen LogP contribution < -0.4 is 4.72 Å². The average Bonchev–Trinajstić information content (AvgIpc) is 1.84. The molecule has 3 nitrogen and oxygen atoms in total. The summed E-state index contributed by atoms with van der Waals surface area (Å²) in [5, 5.41) is 0. The third-order valence-electron chi connectivity index (χ3n) is 0.785. The van der Waals surface area contributed by atoms with Gasteiger partial charge in [-0.2, -0.15) is 0 Å².